The number of nitro benzene ring substituents is 1. The van der Waals surface area contributed by atoms with Crippen LogP contribution in [0.2, 0.25) is 5.02 Å². The highest BCUT2D eigenvalue weighted by Gasteiger charge is 2.26. The van der Waals surface area contributed by atoms with E-state index in [4.69, 9.17) is 11.6 Å². The fourth-order valence-corrected chi connectivity index (χ4v) is 3.44. The Morgan fingerprint density at radius 3 is 2.85 bits per heavy atom. The van der Waals surface area contributed by atoms with Crippen molar-refractivity contribution in [3.63, 3.8) is 0 Å². The maximum atomic E-state index is 13.4. The lowest BCUT2D eigenvalue weighted by molar-refractivity contribution is -0.384. The predicted octanol–water partition coefficient (Wildman–Crippen LogP) is 4.52. The number of nitro groups is 1. The summed E-state index contributed by atoms with van der Waals surface area (Å²) in [5.74, 6) is 0.367. The van der Waals surface area contributed by atoms with Crippen molar-refractivity contribution in [1.82, 2.24) is 9.78 Å². The van der Waals surface area contributed by atoms with Crippen molar-refractivity contribution in [1.29, 1.82) is 0 Å². The molecule has 0 saturated heterocycles. The summed E-state index contributed by atoms with van der Waals surface area (Å²) in [4.78, 5) is 10.7. The molecular weight excluding hydrogens is 359 g/mol. The number of nitrogens with one attached hydrogen (secondary N) is 1. The Kier molecular flexibility index (Phi) is 3.88. The number of benzene rings is 2. The second-order valence-corrected chi connectivity index (χ2v) is 6.52. The van der Waals surface area contributed by atoms with Crippen LogP contribution in [0.25, 0.3) is 16.9 Å². The van der Waals surface area contributed by atoms with Crippen LogP contribution in [0.4, 0.5) is 15.9 Å². The van der Waals surface area contributed by atoms with Gasteiger partial charge in [0.05, 0.1) is 21.3 Å². The van der Waals surface area contributed by atoms with Gasteiger partial charge < -0.3 is 5.32 Å². The predicted molar refractivity (Wildman–Crippen MR) is 97.6 cm³/mol. The zero-order chi connectivity index (χ0) is 18.4. The minimum Gasteiger partial charge on any atom is -0.369 e. The van der Waals surface area contributed by atoms with E-state index in [1.165, 1.54) is 24.3 Å². The molecule has 1 aliphatic rings. The Labute approximate surface area is 153 Å². The average molecular weight is 373 g/mol. The lowest BCUT2D eigenvalue weighted by Gasteiger charge is -2.09. The number of halogens is 2. The van der Waals surface area contributed by atoms with E-state index in [1.807, 2.05) is 6.92 Å². The molecule has 0 unspecified atom stereocenters. The summed E-state index contributed by atoms with van der Waals surface area (Å²) >= 11 is 6.22. The highest BCUT2D eigenvalue weighted by Crippen LogP contribution is 2.38. The van der Waals surface area contributed by atoms with Gasteiger partial charge in [0.1, 0.15) is 11.6 Å². The molecule has 132 valence electrons. The minimum atomic E-state index is -0.433. The van der Waals surface area contributed by atoms with Crippen LogP contribution < -0.4 is 5.32 Å². The van der Waals surface area contributed by atoms with Crippen molar-refractivity contribution in [2.75, 3.05) is 11.9 Å². The fraction of sp³-hybridized carbons (Fsp3) is 0.167. The topological polar surface area (TPSA) is 73.0 Å². The molecular formula is C18H14ClFN4O2. The van der Waals surface area contributed by atoms with E-state index in [2.05, 4.69) is 10.4 Å². The van der Waals surface area contributed by atoms with Crippen LogP contribution in [0.1, 0.15) is 11.1 Å². The molecule has 1 aliphatic heterocycles. The Morgan fingerprint density at radius 2 is 2.12 bits per heavy atom. The molecule has 1 aromatic heterocycles. The molecule has 0 bridgehead atoms. The van der Waals surface area contributed by atoms with Gasteiger partial charge in [0.25, 0.3) is 5.69 Å². The largest absolute Gasteiger partial charge is 0.369 e. The molecule has 4 rings (SSSR count). The number of non-ortho nitro benzene ring substituents is 1. The first-order chi connectivity index (χ1) is 12.5. The van der Waals surface area contributed by atoms with E-state index in [-0.39, 0.29) is 10.7 Å². The number of hydrogen-bond donors (Lipinski definition) is 1. The zero-order valence-electron chi connectivity index (χ0n) is 13.8. The molecule has 3 aromatic rings. The first-order valence-corrected chi connectivity index (χ1v) is 8.40. The number of aromatic nitrogens is 2. The molecule has 0 radical (unpaired) electrons. The van der Waals surface area contributed by atoms with Crippen molar-refractivity contribution in [3.8, 4) is 16.9 Å². The molecule has 6 nitrogen and oxygen atoms in total. The number of hydrogen-bond acceptors (Lipinski definition) is 4. The van der Waals surface area contributed by atoms with Crippen molar-refractivity contribution >= 4 is 23.1 Å². The van der Waals surface area contributed by atoms with Gasteiger partial charge in [-0.15, -0.1) is 0 Å². The van der Waals surface area contributed by atoms with Crippen molar-refractivity contribution in [2.24, 2.45) is 0 Å². The van der Waals surface area contributed by atoms with Gasteiger partial charge in [-0.3, -0.25) is 10.1 Å². The first kappa shape index (κ1) is 16.5. The highest BCUT2D eigenvalue weighted by atomic mass is 35.5. The summed E-state index contributed by atoms with van der Waals surface area (Å²) in [6, 6.07) is 8.85. The van der Waals surface area contributed by atoms with Crippen LogP contribution in [-0.4, -0.2) is 21.2 Å². The lowest BCUT2D eigenvalue weighted by Crippen LogP contribution is -2.06. The Bertz CT molecular complexity index is 1050. The first-order valence-electron chi connectivity index (χ1n) is 8.02. The normalized spacial score (nSPS) is 12.7. The summed E-state index contributed by atoms with van der Waals surface area (Å²) in [6.45, 7) is 2.60. The van der Waals surface area contributed by atoms with Crippen LogP contribution in [0, 0.1) is 22.9 Å². The van der Waals surface area contributed by atoms with Gasteiger partial charge in [-0.2, -0.15) is 5.10 Å². The van der Waals surface area contributed by atoms with Crippen molar-refractivity contribution in [3.05, 3.63) is 68.5 Å². The average Bonchev–Trinajstić information content (AvgIpc) is 3.18. The molecule has 0 spiro atoms. The van der Waals surface area contributed by atoms with Crippen molar-refractivity contribution in [2.45, 2.75) is 13.3 Å². The third-order valence-corrected chi connectivity index (χ3v) is 4.78. The van der Waals surface area contributed by atoms with Crippen molar-refractivity contribution < 1.29 is 9.31 Å². The molecule has 0 amide bonds. The van der Waals surface area contributed by atoms with Crippen LogP contribution in [-0.2, 0) is 6.42 Å². The van der Waals surface area contributed by atoms with Crippen LogP contribution in [0.3, 0.4) is 0 Å². The lowest BCUT2D eigenvalue weighted by atomic mass is 10.1. The molecule has 2 aromatic carbocycles. The van der Waals surface area contributed by atoms with E-state index in [0.717, 1.165) is 29.9 Å². The monoisotopic (exact) mass is 372 g/mol. The summed E-state index contributed by atoms with van der Waals surface area (Å²) < 4.78 is 15.1. The van der Waals surface area contributed by atoms with Crippen LogP contribution in [0.15, 0.2) is 36.4 Å². The molecule has 8 heteroatoms. The summed E-state index contributed by atoms with van der Waals surface area (Å²) in [7, 11) is 0. The zero-order valence-corrected chi connectivity index (χ0v) is 14.5. The second-order valence-electron chi connectivity index (χ2n) is 6.12. The molecule has 0 saturated carbocycles. The van der Waals surface area contributed by atoms with Gasteiger partial charge in [0, 0.05) is 29.8 Å². The molecule has 26 heavy (non-hydrogen) atoms. The third-order valence-electron chi connectivity index (χ3n) is 4.47. The van der Waals surface area contributed by atoms with E-state index >= 15 is 0 Å². The molecule has 0 aliphatic carbocycles. The summed E-state index contributed by atoms with van der Waals surface area (Å²) in [5, 5.41) is 19.3. The number of nitrogens with zero attached hydrogens (tertiary/aromatic N) is 3. The quantitative estimate of drug-likeness (QED) is 0.542. The van der Waals surface area contributed by atoms with Gasteiger partial charge in [-0.05, 0) is 37.1 Å². The summed E-state index contributed by atoms with van der Waals surface area (Å²) in [6.07, 6.45) is 0.742. The van der Waals surface area contributed by atoms with E-state index < -0.39 is 10.7 Å². The van der Waals surface area contributed by atoms with E-state index in [9.17, 15) is 14.5 Å². The van der Waals surface area contributed by atoms with E-state index in [0.29, 0.717) is 16.9 Å². The van der Waals surface area contributed by atoms with Gasteiger partial charge in [-0.1, -0.05) is 17.7 Å². The number of anilines is 1. The number of rotatable bonds is 3. The molecule has 0 fully saturated rings. The minimum absolute atomic E-state index is 0.00536. The fourth-order valence-electron chi connectivity index (χ4n) is 3.19. The van der Waals surface area contributed by atoms with Gasteiger partial charge >= 0.3 is 0 Å². The Balaban J connectivity index is 1.93. The van der Waals surface area contributed by atoms with Gasteiger partial charge in [0.2, 0.25) is 0 Å². The third kappa shape index (κ3) is 2.61. The van der Waals surface area contributed by atoms with Crippen LogP contribution in [0.5, 0.6) is 0 Å². The molecule has 1 N–H and O–H groups in total. The number of aryl methyl sites for hydroxylation is 1. The van der Waals surface area contributed by atoms with Crippen LogP contribution >= 0.6 is 11.6 Å². The smallest absolute Gasteiger partial charge is 0.271 e. The van der Waals surface area contributed by atoms with E-state index in [1.54, 1.807) is 16.8 Å². The van der Waals surface area contributed by atoms with Gasteiger partial charge in [-0.25, -0.2) is 9.07 Å². The summed E-state index contributed by atoms with van der Waals surface area (Å²) in [5.41, 5.74) is 3.72. The Morgan fingerprint density at radius 1 is 1.31 bits per heavy atom. The number of fused-ring (bicyclic) bond motifs is 1. The maximum absolute atomic E-state index is 13.4. The maximum Gasteiger partial charge on any atom is 0.271 e. The standard InChI is InChI=1S/C18H14ClFN4O2/c1-10-2-4-12(24(25)26)9-16(10)23-18-14(6-7-21-18)17(22-23)13-5-3-11(20)8-15(13)19/h2-5,8-9,21H,6-7H2,1H3. The second kappa shape index (κ2) is 6.10. The molecule has 0 atom stereocenters. The molecule has 2 heterocycles. The Hall–Kier alpha value is -2.93. The highest BCUT2D eigenvalue weighted by molar-refractivity contribution is 6.33. The van der Waals surface area contributed by atoms with Gasteiger partial charge in [0.15, 0.2) is 0 Å². The SMILES string of the molecule is Cc1ccc([N+](=O)[O-])cc1-n1nc(-c2ccc(F)cc2Cl)c2c1NCC2.